The number of hydrogen-bond donors (Lipinski definition) is 1. The number of amides is 1. The lowest BCUT2D eigenvalue weighted by Gasteiger charge is -2.39. The Balaban J connectivity index is 1.52. The summed E-state index contributed by atoms with van der Waals surface area (Å²) in [6, 6.07) is 7.23. The van der Waals surface area contributed by atoms with E-state index in [0.29, 0.717) is 44.5 Å². The summed E-state index contributed by atoms with van der Waals surface area (Å²) in [5.74, 6) is -0.00569. The molecule has 0 aromatic heterocycles. The summed E-state index contributed by atoms with van der Waals surface area (Å²) >= 11 is 0. The van der Waals surface area contributed by atoms with Crippen LogP contribution in [0.5, 0.6) is 0 Å². The van der Waals surface area contributed by atoms with Crippen molar-refractivity contribution in [1.82, 2.24) is 15.1 Å². The minimum absolute atomic E-state index is 0.187. The molecule has 1 aromatic carbocycles. The van der Waals surface area contributed by atoms with Gasteiger partial charge in [-0.05, 0) is 19.1 Å². The zero-order chi connectivity index (χ0) is 16.2. The number of carbonyl (C=O) groups is 1. The number of hydrogen-bond acceptors (Lipinski definition) is 4. The zero-order valence-corrected chi connectivity index (χ0v) is 13.7. The standard InChI is InChI=1S/C17H25FN4O/c1-14-12-19-6-7-22(14)13-17(23)21-10-8-20(9-11-21)16-5-3-2-4-15(16)18/h2-5,14,19H,6-13H2,1H3/t14-/m0/s1. The van der Waals surface area contributed by atoms with Gasteiger partial charge in [-0.3, -0.25) is 9.69 Å². The maximum absolute atomic E-state index is 13.8. The van der Waals surface area contributed by atoms with Crippen molar-refractivity contribution in [2.75, 3.05) is 57.3 Å². The number of rotatable bonds is 3. The van der Waals surface area contributed by atoms with Crippen molar-refractivity contribution in [2.45, 2.75) is 13.0 Å². The van der Waals surface area contributed by atoms with Gasteiger partial charge in [-0.1, -0.05) is 12.1 Å². The Hall–Kier alpha value is -1.66. The highest BCUT2D eigenvalue weighted by Gasteiger charge is 2.26. The van der Waals surface area contributed by atoms with Crippen LogP contribution < -0.4 is 10.2 Å². The fourth-order valence-corrected chi connectivity index (χ4v) is 3.30. The summed E-state index contributed by atoms with van der Waals surface area (Å²) in [6.07, 6.45) is 0. The molecule has 0 unspecified atom stereocenters. The zero-order valence-electron chi connectivity index (χ0n) is 13.7. The molecule has 0 spiro atoms. The lowest BCUT2D eigenvalue weighted by molar-refractivity contribution is -0.133. The van der Waals surface area contributed by atoms with Crippen molar-refractivity contribution < 1.29 is 9.18 Å². The minimum Gasteiger partial charge on any atom is -0.366 e. The quantitative estimate of drug-likeness (QED) is 0.893. The van der Waals surface area contributed by atoms with Gasteiger partial charge in [-0.25, -0.2) is 4.39 Å². The monoisotopic (exact) mass is 320 g/mol. The molecule has 2 aliphatic heterocycles. The van der Waals surface area contributed by atoms with Gasteiger partial charge < -0.3 is 15.1 Å². The highest BCUT2D eigenvalue weighted by Crippen LogP contribution is 2.20. The highest BCUT2D eigenvalue weighted by atomic mass is 19.1. The third kappa shape index (κ3) is 3.82. The van der Waals surface area contributed by atoms with E-state index in [1.54, 1.807) is 12.1 Å². The summed E-state index contributed by atoms with van der Waals surface area (Å²) < 4.78 is 13.8. The van der Waals surface area contributed by atoms with E-state index in [1.165, 1.54) is 6.07 Å². The van der Waals surface area contributed by atoms with Crippen molar-refractivity contribution in [3.8, 4) is 0 Å². The molecule has 1 N–H and O–H groups in total. The lowest BCUT2D eigenvalue weighted by Crippen LogP contribution is -2.55. The third-order valence-electron chi connectivity index (χ3n) is 4.80. The first-order chi connectivity index (χ1) is 11.1. The van der Waals surface area contributed by atoms with E-state index in [9.17, 15) is 9.18 Å². The van der Waals surface area contributed by atoms with Crippen molar-refractivity contribution in [3.63, 3.8) is 0 Å². The third-order valence-corrected chi connectivity index (χ3v) is 4.80. The molecule has 1 atom stereocenters. The molecule has 6 heteroatoms. The van der Waals surface area contributed by atoms with Gasteiger partial charge in [0.15, 0.2) is 0 Å². The van der Waals surface area contributed by atoms with E-state index in [4.69, 9.17) is 0 Å². The van der Waals surface area contributed by atoms with Crippen LogP contribution in [0, 0.1) is 5.82 Å². The Labute approximate surface area is 137 Å². The molecular formula is C17H25FN4O. The molecule has 3 rings (SSSR count). The number of piperazine rings is 2. The summed E-state index contributed by atoms with van der Waals surface area (Å²) in [7, 11) is 0. The number of nitrogens with zero attached hydrogens (tertiary/aromatic N) is 3. The second-order valence-corrected chi connectivity index (χ2v) is 6.34. The smallest absolute Gasteiger partial charge is 0.236 e. The topological polar surface area (TPSA) is 38.8 Å². The number of carbonyl (C=O) groups excluding carboxylic acids is 1. The maximum atomic E-state index is 13.8. The normalized spacial score (nSPS) is 23.1. The van der Waals surface area contributed by atoms with E-state index in [1.807, 2.05) is 15.9 Å². The highest BCUT2D eigenvalue weighted by molar-refractivity contribution is 5.78. The number of para-hydroxylation sites is 1. The van der Waals surface area contributed by atoms with Crippen LogP contribution in [0.1, 0.15) is 6.92 Å². The van der Waals surface area contributed by atoms with Crippen molar-refractivity contribution in [3.05, 3.63) is 30.1 Å². The molecular weight excluding hydrogens is 295 g/mol. The van der Waals surface area contributed by atoms with Crippen LogP contribution >= 0.6 is 0 Å². The van der Waals surface area contributed by atoms with Gasteiger partial charge in [0.2, 0.25) is 5.91 Å². The molecule has 1 aromatic rings. The Bertz CT molecular complexity index is 545. The van der Waals surface area contributed by atoms with Gasteiger partial charge in [0.25, 0.3) is 0 Å². The molecule has 0 aliphatic carbocycles. The van der Waals surface area contributed by atoms with Crippen molar-refractivity contribution in [2.24, 2.45) is 0 Å². The molecule has 1 amide bonds. The summed E-state index contributed by atoms with van der Waals surface area (Å²) in [6.45, 7) is 8.13. The minimum atomic E-state index is -0.193. The first-order valence-corrected chi connectivity index (χ1v) is 8.37. The van der Waals surface area contributed by atoms with Crippen LogP contribution in [0.25, 0.3) is 0 Å². The Kier molecular flexibility index (Phi) is 5.13. The summed E-state index contributed by atoms with van der Waals surface area (Å²) in [5.41, 5.74) is 0.635. The SMILES string of the molecule is C[C@H]1CNCCN1CC(=O)N1CCN(c2ccccc2F)CC1. The molecule has 0 radical (unpaired) electrons. The van der Waals surface area contributed by atoms with Gasteiger partial charge in [0.1, 0.15) is 5.82 Å². The Morgan fingerprint density at radius 2 is 1.96 bits per heavy atom. The van der Waals surface area contributed by atoms with Crippen LogP contribution in [0.3, 0.4) is 0 Å². The average molecular weight is 320 g/mol. The molecule has 2 fully saturated rings. The van der Waals surface area contributed by atoms with Crippen molar-refractivity contribution in [1.29, 1.82) is 0 Å². The van der Waals surface area contributed by atoms with Crippen molar-refractivity contribution >= 4 is 11.6 Å². The first-order valence-electron chi connectivity index (χ1n) is 8.37. The molecule has 2 aliphatic rings. The molecule has 0 bridgehead atoms. The largest absolute Gasteiger partial charge is 0.366 e. The van der Waals surface area contributed by atoms with E-state index in [2.05, 4.69) is 17.1 Å². The molecule has 2 heterocycles. The van der Waals surface area contributed by atoms with E-state index >= 15 is 0 Å². The number of halogens is 1. The van der Waals surface area contributed by atoms with Gasteiger partial charge in [0, 0.05) is 51.9 Å². The number of anilines is 1. The predicted octanol–water partition coefficient (Wildman–Crippen LogP) is 0.768. The maximum Gasteiger partial charge on any atom is 0.236 e. The van der Waals surface area contributed by atoms with Crippen LogP contribution in [0.2, 0.25) is 0 Å². The van der Waals surface area contributed by atoms with Crippen LogP contribution in [0.15, 0.2) is 24.3 Å². The van der Waals surface area contributed by atoms with Crippen LogP contribution in [0.4, 0.5) is 10.1 Å². The Morgan fingerprint density at radius 1 is 1.22 bits per heavy atom. The fraction of sp³-hybridized carbons (Fsp3) is 0.588. The lowest BCUT2D eigenvalue weighted by atomic mass is 10.2. The second-order valence-electron chi connectivity index (χ2n) is 6.34. The van der Waals surface area contributed by atoms with Gasteiger partial charge >= 0.3 is 0 Å². The molecule has 23 heavy (non-hydrogen) atoms. The van der Waals surface area contributed by atoms with Gasteiger partial charge in [-0.2, -0.15) is 0 Å². The van der Waals surface area contributed by atoms with E-state index < -0.39 is 0 Å². The molecule has 126 valence electrons. The summed E-state index contributed by atoms with van der Waals surface area (Å²) in [4.78, 5) is 18.7. The van der Waals surface area contributed by atoms with Gasteiger partial charge in [0.05, 0.1) is 12.2 Å². The first kappa shape index (κ1) is 16.2. The molecule has 0 saturated carbocycles. The fourth-order valence-electron chi connectivity index (χ4n) is 3.30. The summed E-state index contributed by atoms with van der Waals surface area (Å²) in [5, 5.41) is 3.34. The average Bonchev–Trinajstić information content (AvgIpc) is 2.57. The molecule has 5 nitrogen and oxygen atoms in total. The van der Waals surface area contributed by atoms with Crippen LogP contribution in [-0.4, -0.2) is 74.1 Å². The Morgan fingerprint density at radius 3 is 2.65 bits per heavy atom. The van der Waals surface area contributed by atoms with Crippen LogP contribution in [-0.2, 0) is 4.79 Å². The number of nitrogens with one attached hydrogen (secondary N) is 1. The number of benzene rings is 1. The predicted molar refractivity (Wildman–Crippen MR) is 89.1 cm³/mol. The second kappa shape index (κ2) is 7.27. The molecule has 2 saturated heterocycles. The van der Waals surface area contributed by atoms with Gasteiger partial charge in [-0.15, -0.1) is 0 Å². The van der Waals surface area contributed by atoms with E-state index in [-0.39, 0.29) is 11.7 Å². The van der Waals surface area contributed by atoms with E-state index in [0.717, 1.165) is 19.6 Å².